The first kappa shape index (κ1) is 33.1. The Balaban J connectivity index is 1.14. The third kappa shape index (κ3) is 5.24. The molecule has 0 aliphatic rings. The Morgan fingerprint density at radius 2 is 0.814 bits per heavy atom. The lowest BCUT2D eigenvalue weighted by Gasteiger charge is -2.14. The fraction of sp³-hybridized carbons (Fsp3) is 0. The van der Waals surface area contributed by atoms with E-state index in [0.29, 0.717) is 17.5 Å². The molecule has 0 atom stereocenters. The molecule has 0 unspecified atom stereocenters. The topological polar surface area (TPSA) is 52.9 Å². The van der Waals surface area contributed by atoms with E-state index >= 15 is 0 Å². The number of aromatic nitrogens is 6. The highest BCUT2D eigenvalue weighted by atomic mass is 15.1. The summed E-state index contributed by atoms with van der Waals surface area (Å²) < 4.78 is 7.17. The standard InChI is InChI=1S/C53H34N6/c1-4-17-35(18-5-1)49-50-48(47-29-14-15-32-57(47)49)43-34-40(58-44-27-12-10-25-41(44)42-26-11-13-28-45(42)58)30-31-46(43)59(50)39-24-16-23-38(33-39)53-55-51(36-19-6-2-7-20-36)54-52(56-53)37-21-8-3-9-22-37/h1-34H. The van der Waals surface area contributed by atoms with Crippen molar-refractivity contribution in [1.82, 2.24) is 28.5 Å². The number of fused-ring (bicyclic) bond motifs is 8. The van der Waals surface area contributed by atoms with Crippen LogP contribution in [0.3, 0.4) is 0 Å². The summed E-state index contributed by atoms with van der Waals surface area (Å²) in [6.45, 7) is 0. The zero-order chi connectivity index (χ0) is 38.9. The zero-order valence-corrected chi connectivity index (χ0v) is 31.8. The molecule has 0 saturated carbocycles. The average Bonchev–Trinajstić information content (AvgIpc) is 3.95. The van der Waals surface area contributed by atoms with Crippen molar-refractivity contribution < 1.29 is 0 Å². The van der Waals surface area contributed by atoms with Crippen LogP contribution < -0.4 is 0 Å². The predicted molar refractivity (Wildman–Crippen MR) is 241 cm³/mol. The number of nitrogens with zero attached hydrogens (tertiary/aromatic N) is 6. The number of pyridine rings is 1. The number of para-hydroxylation sites is 2. The summed E-state index contributed by atoms with van der Waals surface area (Å²) in [5, 5.41) is 4.86. The van der Waals surface area contributed by atoms with Crippen LogP contribution in [-0.2, 0) is 0 Å². The van der Waals surface area contributed by atoms with Crippen molar-refractivity contribution in [2.75, 3.05) is 0 Å². The predicted octanol–water partition coefficient (Wildman–Crippen LogP) is 13.0. The van der Waals surface area contributed by atoms with E-state index < -0.39 is 0 Å². The first-order chi connectivity index (χ1) is 29.3. The number of hydrogen-bond acceptors (Lipinski definition) is 3. The molecule has 0 aliphatic heterocycles. The summed E-state index contributed by atoms with van der Waals surface area (Å²) in [6, 6.07) is 70.4. The number of hydrogen-bond donors (Lipinski definition) is 0. The van der Waals surface area contributed by atoms with Crippen molar-refractivity contribution in [2.45, 2.75) is 0 Å². The lowest BCUT2D eigenvalue weighted by Crippen LogP contribution is -2.01. The van der Waals surface area contributed by atoms with Crippen LogP contribution in [0.2, 0.25) is 0 Å². The van der Waals surface area contributed by atoms with Gasteiger partial charge in [0.2, 0.25) is 0 Å². The molecule has 5 heterocycles. The molecule has 0 amide bonds. The Morgan fingerprint density at radius 1 is 0.322 bits per heavy atom. The van der Waals surface area contributed by atoms with E-state index in [2.05, 4.69) is 159 Å². The molecule has 0 N–H and O–H groups in total. The van der Waals surface area contributed by atoms with Gasteiger partial charge in [0, 0.05) is 61.4 Å². The summed E-state index contributed by atoms with van der Waals surface area (Å²) in [7, 11) is 0. The SMILES string of the molecule is c1ccc(-c2nc(-c3ccccc3)nc(-c3cccc(-n4c5ccc(-n6c7ccccc7c7ccccc76)cc5c5c4c(-c4ccccc4)n4ccccc54)c3)n2)cc1. The number of rotatable bonds is 6. The third-order valence-corrected chi connectivity index (χ3v) is 11.5. The third-order valence-electron chi connectivity index (χ3n) is 11.5. The molecule has 12 aromatic rings. The van der Waals surface area contributed by atoms with E-state index in [4.69, 9.17) is 15.0 Å². The maximum atomic E-state index is 5.10. The van der Waals surface area contributed by atoms with Crippen LogP contribution in [0.15, 0.2) is 206 Å². The Hall–Kier alpha value is -8.09. The van der Waals surface area contributed by atoms with E-state index in [0.717, 1.165) is 55.9 Å². The minimum Gasteiger partial charge on any atom is -0.314 e. The molecule has 5 aromatic heterocycles. The lowest BCUT2D eigenvalue weighted by molar-refractivity contribution is 1.07. The molecule has 0 saturated heterocycles. The summed E-state index contributed by atoms with van der Waals surface area (Å²) in [4.78, 5) is 15.2. The normalized spacial score (nSPS) is 11.7. The second-order valence-corrected chi connectivity index (χ2v) is 14.9. The highest BCUT2D eigenvalue weighted by Crippen LogP contribution is 2.44. The number of benzene rings is 7. The maximum absolute atomic E-state index is 5.10. The first-order valence-electron chi connectivity index (χ1n) is 19.9. The van der Waals surface area contributed by atoms with Crippen molar-refractivity contribution in [3.63, 3.8) is 0 Å². The molecule has 0 bridgehead atoms. The molecule has 0 aliphatic carbocycles. The molecule has 7 aromatic carbocycles. The molecule has 59 heavy (non-hydrogen) atoms. The molecule has 0 radical (unpaired) electrons. The van der Waals surface area contributed by atoms with Gasteiger partial charge in [0.15, 0.2) is 17.5 Å². The van der Waals surface area contributed by atoms with Crippen molar-refractivity contribution in [3.8, 4) is 56.8 Å². The minimum absolute atomic E-state index is 0.617. The van der Waals surface area contributed by atoms with E-state index in [9.17, 15) is 0 Å². The first-order valence-corrected chi connectivity index (χ1v) is 19.9. The summed E-state index contributed by atoms with van der Waals surface area (Å²) in [5.41, 5.74) is 13.0. The van der Waals surface area contributed by atoms with Gasteiger partial charge in [-0.2, -0.15) is 0 Å². The van der Waals surface area contributed by atoms with E-state index in [1.165, 1.54) is 32.6 Å². The van der Waals surface area contributed by atoms with Crippen LogP contribution >= 0.6 is 0 Å². The highest BCUT2D eigenvalue weighted by molar-refractivity contribution is 6.22. The van der Waals surface area contributed by atoms with Gasteiger partial charge in [-0.15, -0.1) is 0 Å². The monoisotopic (exact) mass is 754 g/mol. The maximum Gasteiger partial charge on any atom is 0.164 e. The van der Waals surface area contributed by atoms with Gasteiger partial charge in [0.05, 0.1) is 33.3 Å². The van der Waals surface area contributed by atoms with Crippen molar-refractivity contribution in [2.24, 2.45) is 0 Å². The van der Waals surface area contributed by atoms with E-state index in [1.807, 2.05) is 60.7 Å². The molecule has 6 heteroatoms. The van der Waals surface area contributed by atoms with Gasteiger partial charge in [0.1, 0.15) is 0 Å². The Labute approximate surface area is 339 Å². The average molecular weight is 755 g/mol. The second kappa shape index (κ2) is 13.3. The van der Waals surface area contributed by atoms with Gasteiger partial charge >= 0.3 is 0 Å². The van der Waals surface area contributed by atoms with E-state index in [-0.39, 0.29) is 0 Å². The largest absolute Gasteiger partial charge is 0.314 e. The summed E-state index contributed by atoms with van der Waals surface area (Å²) in [5.74, 6) is 1.89. The lowest BCUT2D eigenvalue weighted by atomic mass is 10.1. The fourth-order valence-corrected chi connectivity index (χ4v) is 8.92. The van der Waals surface area contributed by atoms with Crippen LogP contribution in [0.25, 0.3) is 106 Å². The van der Waals surface area contributed by atoms with Crippen molar-refractivity contribution in [3.05, 3.63) is 206 Å². The van der Waals surface area contributed by atoms with E-state index in [1.54, 1.807) is 0 Å². The van der Waals surface area contributed by atoms with Crippen molar-refractivity contribution >= 4 is 49.1 Å². The minimum atomic E-state index is 0.617. The molecule has 12 rings (SSSR count). The van der Waals surface area contributed by atoms with Gasteiger partial charge in [0.25, 0.3) is 0 Å². The van der Waals surface area contributed by atoms with Gasteiger partial charge in [-0.25, -0.2) is 15.0 Å². The van der Waals surface area contributed by atoms with Crippen LogP contribution in [0.5, 0.6) is 0 Å². The quantitative estimate of drug-likeness (QED) is 0.170. The highest BCUT2D eigenvalue weighted by Gasteiger charge is 2.24. The van der Waals surface area contributed by atoms with Crippen LogP contribution in [0.1, 0.15) is 0 Å². The summed E-state index contributed by atoms with van der Waals surface area (Å²) in [6.07, 6.45) is 2.18. The summed E-state index contributed by atoms with van der Waals surface area (Å²) >= 11 is 0. The second-order valence-electron chi connectivity index (χ2n) is 14.9. The molecular weight excluding hydrogens is 721 g/mol. The van der Waals surface area contributed by atoms with Crippen LogP contribution in [-0.4, -0.2) is 28.5 Å². The van der Waals surface area contributed by atoms with Crippen LogP contribution in [0, 0.1) is 0 Å². The Bertz CT molecular complexity index is 3430. The van der Waals surface area contributed by atoms with Gasteiger partial charge in [-0.3, -0.25) is 0 Å². The van der Waals surface area contributed by atoms with Crippen LogP contribution in [0.4, 0.5) is 0 Å². The molecule has 6 nitrogen and oxygen atoms in total. The van der Waals surface area contributed by atoms with Gasteiger partial charge in [-0.05, 0) is 54.6 Å². The zero-order valence-electron chi connectivity index (χ0n) is 31.8. The molecular formula is C53H34N6. The molecule has 0 fully saturated rings. The molecule has 0 spiro atoms. The smallest absolute Gasteiger partial charge is 0.164 e. The Kier molecular flexibility index (Phi) is 7.43. The van der Waals surface area contributed by atoms with Gasteiger partial charge < -0.3 is 13.5 Å². The fourth-order valence-electron chi connectivity index (χ4n) is 8.92. The Morgan fingerprint density at radius 3 is 1.46 bits per heavy atom. The van der Waals surface area contributed by atoms with Crippen molar-refractivity contribution in [1.29, 1.82) is 0 Å². The van der Waals surface area contributed by atoms with Gasteiger partial charge in [-0.1, -0.05) is 146 Å². The molecule has 276 valence electrons.